The standard InChI is InChI=1S/C20H23N5O2/c1-13(2)15-9-7-14(8-10-15)12-25-19(21)18(23-24-25)20(26)22-16-5-4-6-17(11-16)27-3/h4-11,13H,12,21H2,1-3H3,(H,22,26). The van der Waals surface area contributed by atoms with Gasteiger partial charge in [-0.1, -0.05) is 49.4 Å². The minimum Gasteiger partial charge on any atom is -0.497 e. The van der Waals surface area contributed by atoms with Crippen molar-refractivity contribution in [1.82, 2.24) is 15.0 Å². The van der Waals surface area contributed by atoms with Gasteiger partial charge in [0.05, 0.1) is 13.7 Å². The smallest absolute Gasteiger partial charge is 0.280 e. The quantitative estimate of drug-likeness (QED) is 0.699. The predicted molar refractivity (Wildman–Crippen MR) is 105 cm³/mol. The third kappa shape index (κ3) is 4.25. The molecule has 3 aromatic rings. The first-order valence-corrected chi connectivity index (χ1v) is 8.71. The minimum absolute atomic E-state index is 0.0941. The second-order valence-corrected chi connectivity index (χ2v) is 6.56. The van der Waals surface area contributed by atoms with Gasteiger partial charge in [0.25, 0.3) is 5.91 Å². The largest absolute Gasteiger partial charge is 0.497 e. The molecule has 2 aromatic carbocycles. The van der Waals surface area contributed by atoms with E-state index in [9.17, 15) is 4.79 Å². The molecule has 0 saturated heterocycles. The Labute approximate surface area is 158 Å². The summed E-state index contributed by atoms with van der Waals surface area (Å²) in [5.41, 5.74) is 9.09. The second-order valence-electron chi connectivity index (χ2n) is 6.56. The molecular formula is C20H23N5O2. The summed E-state index contributed by atoms with van der Waals surface area (Å²) in [7, 11) is 1.57. The van der Waals surface area contributed by atoms with Crippen LogP contribution in [-0.2, 0) is 6.54 Å². The summed E-state index contributed by atoms with van der Waals surface area (Å²) >= 11 is 0. The summed E-state index contributed by atoms with van der Waals surface area (Å²) in [6.07, 6.45) is 0. The van der Waals surface area contributed by atoms with E-state index in [0.29, 0.717) is 23.9 Å². The number of hydrogen-bond acceptors (Lipinski definition) is 5. The fourth-order valence-corrected chi connectivity index (χ4v) is 2.67. The lowest BCUT2D eigenvalue weighted by molar-refractivity contribution is 0.102. The number of rotatable bonds is 6. The molecule has 7 heteroatoms. The summed E-state index contributed by atoms with van der Waals surface area (Å²) < 4.78 is 6.67. The number of ether oxygens (including phenoxy) is 1. The average Bonchev–Trinajstić information content (AvgIpc) is 3.03. The summed E-state index contributed by atoms with van der Waals surface area (Å²) in [5, 5.41) is 10.7. The molecular weight excluding hydrogens is 342 g/mol. The number of carbonyl (C=O) groups excluding carboxylic acids is 1. The Bertz CT molecular complexity index is 932. The van der Waals surface area contributed by atoms with Gasteiger partial charge in [0.1, 0.15) is 5.75 Å². The van der Waals surface area contributed by atoms with E-state index in [2.05, 4.69) is 41.6 Å². The number of nitrogens with zero attached hydrogens (tertiary/aromatic N) is 3. The number of methoxy groups -OCH3 is 1. The number of nitrogens with one attached hydrogen (secondary N) is 1. The van der Waals surface area contributed by atoms with Crippen molar-refractivity contribution < 1.29 is 9.53 Å². The van der Waals surface area contributed by atoms with Crippen molar-refractivity contribution in [2.24, 2.45) is 0 Å². The summed E-state index contributed by atoms with van der Waals surface area (Å²) in [6.45, 7) is 4.75. The van der Waals surface area contributed by atoms with Gasteiger partial charge in [-0.05, 0) is 29.2 Å². The molecule has 3 rings (SSSR count). The molecule has 0 saturated carbocycles. The first-order valence-electron chi connectivity index (χ1n) is 8.71. The van der Waals surface area contributed by atoms with Crippen LogP contribution in [0.4, 0.5) is 11.5 Å². The van der Waals surface area contributed by atoms with Crippen LogP contribution in [0.15, 0.2) is 48.5 Å². The third-order valence-electron chi connectivity index (χ3n) is 4.29. The van der Waals surface area contributed by atoms with Crippen LogP contribution in [-0.4, -0.2) is 28.0 Å². The number of anilines is 2. The molecule has 1 heterocycles. The van der Waals surface area contributed by atoms with Crippen molar-refractivity contribution in [2.45, 2.75) is 26.3 Å². The van der Waals surface area contributed by atoms with E-state index >= 15 is 0 Å². The average molecular weight is 365 g/mol. The van der Waals surface area contributed by atoms with Gasteiger partial charge in [-0.3, -0.25) is 4.79 Å². The molecule has 0 aliphatic rings. The first kappa shape index (κ1) is 18.4. The topological polar surface area (TPSA) is 95.1 Å². The Morgan fingerprint density at radius 3 is 2.63 bits per heavy atom. The normalized spacial score (nSPS) is 10.8. The molecule has 0 aliphatic heterocycles. The molecule has 0 atom stereocenters. The predicted octanol–water partition coefficient (Wildman–Crippen LogP) is 3.29. The second kappa shape index (κ2) is 7.90. The zero-order chi connectivity index (χ0) is 19.4. The number of amides is 1. The maximum Gasteiger partial charge on any atom is 0.280 e. The van der Waals surface area contributed by atoms with Gasteiger partial charge < -0.3 is 15.8 Å². The summed E-state index contributed by atoms with van der Waals surface area (Å²) in [5.74, 6) is 0.933. The fourth-order valence-electron chi connectivity index (χ4n) is 2.67. The van der Waals surface area contributed by atoms with E-state index < -0.39 is 5.91 Å². The molecule has 1 aromatic heterocycles. The van der Waals surface area contributed by atoms with E-state index in [0.717, 1.165) is 5.56 Å². The molecule has 0 aliphatic carbocycles. The Morgan fingerprint density at radius 1 is 1.22 bits per heavy atom. The highest BCUT2D eigenvalue weighted by atomic mass is 16.5. The Kier molecular flexibility index (Phi) is 5.40. The van der Waals surface area contributed by atoms with Crippen molar-refractivity contribution >= 4 is 17.4 Å². The number of carbonyl (C=O) groups is 1. The van der Waals surface area contributed by atoms with Crippen LogP contribution >= 0.6 is 0 Å². The number of nitrogens with two attached hydrogens (primary N) is 1. The minimum atomic E-state index is -0.415. The van der Waals surface area contributed by atoms with Crippen LogP contribution < -0.4 is 15.8 Å². The molecule has 3 N–H and O–H groups in total. The van der Waals surface area contributed by atoms with Crippen molar-refractivity contribution in [3.8, 4) is 5.75 Å². The lowest BCUT2D eigenvalue weighted by atomic mass is 10.0. The Morgan fingerprint density at radius 2 is 1.96 bits per heavy atom. The van der Waals surface area contributed by atoms with Gasteiger partial charge in [0.2, 0.25) is 0 Å². The SMILES string of the molecule is COc1cccc(NC(=O)c2nnn(Cc3ccc(C(C)C)cc3)c2N)c1. The lowest BCUT2D eigenvalue weighted by Gasteiger charge is -2.08. The number of aromatic nitrogens is 3. The van der Waals surface area contributed by atoms with Crippen molar-refractivity contribution in [1.29, 1.82) is 0 Å². The Hall–Kier alpha value is -3.35. The summed E-state index contributed by atoms with van der Waals surface area (Å²) in [4.78, 5) is 12.5. The van der Waals surface area contributed by atoms with E-state index in [1.54, 1.807) is 31.4 Å². The van der Waals surface area contributed by atoms with Crippen LogP contribution in [0, 0.1) is 0 Å². The zero-order valence-electron chi connectivity index (χ0n) is 15.6. The van der Waals surface area contributed by atoms with Crippen LogP contribution in [0.1, 0.15) is 41.4 Å². The molecule has 0 unspecified atom stereocenters. The highest BCUT2D eigenvalue weighted by Crippen LogP contribution is 2.19. The number of benzene rings is 2. The van der Waals surface area contributed by atoms with Crippen molar-refractivity contribution in [2.75, 3.05) is 18.2 Å². The van der Waals surface area contributed by atoms with Crippen LogP contribution in [0.25, 0.3) is 0 Å². The van der Waals surface area contributed by atoms with Gasteiger partial charge in [0.15, 0.2) is 11.5 Å². The molecule has 7 nitrogen and oxygen atoms in total. The number of nitrogen functional groups attached to an aromatic ring is 1. The third-order valence-corrected chi connectivity index (χ3v) is 4.29. The summed E-state index contributed by atoms with van der Waals surface area (Å²) in [6, 6.07) is 15.3. The first-order chi connectivity index (χ1) is 13.0. The van der Waals surface area contributed by atoms with Gasteiger partial charge in [-0.2, -0.15) is 0 Å². The molecule has 140 valence electrons. The van der Waals surface area contributed by atoms with Gasteiger partial charge in [-0.25, -0.2) is 4.68 Å². The number of hydrogen-bond donors (Lipinski definition) is 2. The highest BCUT2D eigenvalue weighted by molar-refractivity contribution is 6.05. The fraction of sp³-hybridized carbons (Fsp3) is 0.250. The zero-order valence-corrected chi connectivity index (χ0v) is 15.6. The molecule has 0 radical (unpaired) electrons. The van der Waals surface area contributed by atoms with E-state index in [4.69, 9.17) is 10.5 Å². The Balaban J connectivity index is 1.73. The van der Waals surface area contributed by atoms with Crippen molar-refractivity contribution in [3.63, 3.8) is 0 Å². The van der Waals surface area contributed by atoms with Gasteiger partial charge in [0, 0.05) is 11.8 Å². The van der Waals surface area contributed by atoms with E-state index in [1.807, 2.05) is 12.1 Å². The van der Waals surface area contributed by atoms with Crippen LogP contribution in [0.5, 0.6) is 5.75 Å². The maximum atomic E-state index is 12.5. The molecule has 0 spiro atoms. The molecule has 27 heavy (non-hydrogen) atoms. The monoisotopic (exact) mass is 365 g/mol. The van der Waals surface area contributed by atoms with Crippen LogP contribution in [0.2, 0.25) is 0 Å². The van der Waals surface area contributed by atoms with Gasteiger partial charge >= 0.3 is 0 Å². The van der Waals surface area contributed by atoms with Crippen molar-refractivity contribution in [3.05, 3.63) is 65.4 Å². The maximum absolute atomic E-state index is 12.5. The van der Waals surface area contributed by atoms with Gasteiger partial charge in [-0.15, -0.1) is 5.10 Å². The van der Waals surface area contributed by atoms with E-state index in [-0.39, 0.29) is 11.5 Å². The lowest BCUT2D eigenvalue weighted by Crippen LogP contribution is -2.15. The van der Waals surface area contributed by atoms with E-state index in [1.165, 1.54) is 10.2 Å². The highest BCUT2D eigenvalue weighted by Gasteiger charge is 2.18. The molecule has 1 amide bonds. The molecule has 0 bridgehead atoms. The molecule has 0 fully saturated rings. The van der Waals surface area contributed by atoms with Crippen LogP contribution in [0.3, 0.4) is 0 Å².